The summed E-state index contributed by atoms with van der Waals surface area (Å²) < 4.78 is 11.1. The highest BCUT2D eigenvalue weighted by atomic mass is 127. The Morgan fingerprint density at radius 2 is 2.15 bits per heavy atom. The van der Waals surface area contributed by atoms with Crippen molar-refractivity contribution in [3.05, 3.63) is 30.1 Å². The lowest BCUT2D eigenvalue weighted by atomic mass is 10.2. The SMILES string of the molecule is Cc1noc(-c2ccc(N3CC(CI)OC3=O)cc2)n1. The van der Waals surface area contributed by atoms with E-state index >= 15 is 0 Å². The maximum atomic E-state index is 11.8. The molecule has 0 radical (unpaired) electrons. The average molecular weight is 385 g/mol. The number of amides is 1. The highest BCUT2D eigenvalue weighted by molar-refractivity contribution is 14.1. The van der Waals surface area contributed by atoms with Crippen molar-refractivity contribution in [3.63, 3.8) is 0 Å². The van der Waals surface area contributed by atoms with E-state index in [0.717, 1.165) is 15.7 Å². The molecule has 1 unspecified atom stereocenters. The van der Waals surface area contributed by atoms with Gasteiger partial charge < -0.3 is 9.26 Å². The van der Waals surface area contributed by atoms with Crippen molar-refractivity contribution in [1.29, 1.82) is 0 Å². The molecule has 0 aliphatic carbocycles. The number of carbonyl (C=O) groups is 1. The maximum Gasteiger partial charge on any atom is 0.414 e. The van der Waals surface area contributed by atoms with Gasteiger partial charge in [0.1, 0.15) is 6.10 Å². The first-order chi connectivity index (χ1) is 9.67. The summed E-state index contributed by atoms with van der Waals surface area (Å²) >= 11 is 2.21. The number of benzene rings is 1. The van der Waals surface area contributed by atoms with Crippen LogP contribution in [0, 0.1) is 6.92 Å². The first-order valence-electron chi connectivity index (χ1n) is 6.12. The van der Waals surface area contributed by atoms with Crippen LogP contribution >= 0.6 is 22.6 Å². The van der Waals surface area contributed by atoms with Crippen molar-refractivity contribution in [3.8, 4) is 11.5 Å². The summed E-state index contributed by atoms with van der Waals surface area (Å²) in [6.07, 6.45) is -0.339. The smallest absolute Gasteiger partial charge is 0.414 e. The molecule has 1 aromatic heterocycles. The monoisotopic (exact) mass is 385 g/mol. The zero-order chi connectivity index (χ0) is 14.1. The molecule has 2 aromatic rings. The van der Waals surface area contributed by atoms with E-state index in [1.165, 1.54) is 0 Å². The lowest BCUT2D eigenvalue weighted by Gasteiger charge is -2.12. The second-order valence-corrected chi connectivity index (χ2v) is 5.35. The van der Waals surface area contributed by atoms with Crippen LogP contribution in [-0.2, 0) is 4.74 Å². The summed E-state index contributed by atoms with van der Waals surface area (Å²) in [4.78, 5) is 17.6. The molecule has 7 heteroatoms. The van der Waals surface area contributed by atoms with Crippen LogP contribution in [0.15, 0.2) is 28.8 Å². The van der Waals surface area contributed by atoms with E-state index in [4.69, 9.17) is 9.26 Å². The summed E-state index contributed by atoms with van der Waals surface area (Å²) in [7, 11) is 0. The van der Waals surface area contributed by atoms with Crippen LogP contribution < -0.4 is 4.90 Å². The number of aryl methyl sites for hydroxylation is 1. The standard InChI is InChI=1S/C13H12IN3O3/c1-8-15-12(20-16-8)9-2-4-10(5-3-9)17-7-11(6-14)19-13(17)18/h2-5,11H,6-7H2,1H3. The zero-order valence-electron chi connectivity index (χ0n) is 10.7. The average Bonchev–Trinajstić information content (AvgIpc) is 3.05. The van der Waals surface area contributed by atoms with E-state index in [1.807, 2.05) is 24.3 Å². The molecule has 20 heavy (non-hydrogen) atoms. The molecule has 1 aliphatic rings. The number of anilines is 1. The number of hydrogen-bond donors (Lipinski definition) is 0. The van der Waals surface area contributed by atoms with Crippen LogP contribution in [0.3, 0.4) is 0 Å². The van der Waals surface area contributed by atoms with Crippen molar-refractivity contribution in [2.45, 2.75) is 13.0 Å². The van der Waals surface area contributed by atoms with Crippen LogP contribution in [0.4, 0.5) is 10.5 Å². The number of carbonyl (C=O) groups excluding carboxylic acids is 1. The summed E-state index contributed by atoms with van der Waals surface area (Å²) in [6.45, 7) is 2.35. The Morgan fingerprint density at radius 3 is 2.70 bits per heavy atom. The Morgan fingerprint density at radius 1 is 1.40 bits per heavy atom. The topological polar surface area (TPSA) is 68.5 Å². The van der Waals surface area contributed by atoms with E-state index in [1.54, 1.807) is 11.8 Å². The van der Waals surface area contributed by atoms with Gasteiger partial charge in [0.2, 0.25) is 0 Å². The Kier molecular flexibility index (Phi) is 3.60. The molecule has 2 heterocycles. The van der Waals surface area contributed by atoms with Gasteiger partial charge >= 0.3 is 6.09 Å². The summed E-state index contributed by atoms with van der Waals surface area (Å²) in [5.74, 6) is 1.07. The molecule has 0 N–H and O–H groups in total. The molecule has 1 amide bonds. The number of alkyl halides is 1. The molecule has 0 saturated carbocycles. The van der Waals surface area contributed by atoms with E-state index in [-0.39, 0.29) is 12.2 Å². The van der Waals surface area contributed by atoms with Crippen LogP contribution in [0.5, 0.6) is 0 Å². The molecule has 0 bridgehead atoms. The largest absolute Gasteiger partial charge is 0.443 e. The van der Waals surface area contributed by atoms with Crippen LogP contribution in [0.25, 0.3) is 11.5 Å². The minimum absolute atomic E-state index is 0.0404. The number of aromatic nitrogens is 2. The maximum absolute atomic E-state index is 11.8. The molecule has 3 rings (SSSR count). The van der Waals surface area contributed by atoms with Crippen molar-refractivity contribution in [2.75, 3.05) is 15.9 Å². The zero-order valence-corrected chi connectivity index (χ0v) is 12.9. The van der Waals surface area contributed by atoms with Crippen molar-refractivity contribution in [2.24, 2.45) is 0 Å². The molecule has 1 saturated heterocycles. The van der Waals surface area contributed by atoms with Crippen LogP contribution in [-0.4, -0.2) is 33.3 Å². The molecule has 1 fully saturated rings. The number of ether oxygens (including phenoxy) is 1. The molecule has 1 aromatic carbocycles. The Bertz CT molecular complexity index is 626. The van der Waals surface area contributed by atoms with Gasteiger partial charge in [0.25, 0.3) is 5.89 Å². The van der Waals surface area contributed by atoms with Crippen molar-refractivity contribution < 1.29 is 14.1 Å². The molecular weight excluding hydrogens is 373 g/mol. The van der Waals surface area contributed by atoms with Gasteiger partial charge in [0.05, 0.1) is 6.54 Å². The second kappa shape index (κ2) is 5.39. The predicted molar refractivity (Wildman–Crippen MR) is 81.0 cm³/mol. The predicted octanol–water partition coefficient (Wildman–Crippen LogP) is 2.81. The summed E-state index contributed by atoms with van der Waals surface area (Å²) in [5.41, 5.74) is 1.63. The number of cyclic esters (lactones) is 1. The van der Waals surface area contributed by atoms with Gasteiger partial charge in [0, 0.05) is 15.7 Å². The van der Waals surface area contributed by atoms with E-state index in [0.29, 0.717) is 18.3 Å². The molecule has 6 nitrogen and oxygen atoms in total. The van der Waals surface area contributed by atoms with Gasteiger partial charge in [-0.15, -0.1) is 0 Å². The van der Waals surface area contributed by atoms with Gasteiger partial charge in [-0.2, -0.15) is 4.98 Å². The second-order valence-electron chi connectivity index (χ2n) is 4.46. The molecule has 1 aliphatic heterocycles. The van der Waals surface area contributed by atoms with Gasteiger partial charge in [-0.1, -0.05) is 27.7 Å². The van der Waals surface area contributed by atoms with E-state index in [2.05, 4.69) is 32.7 Å². The first-order valence-corrected chi connectivity index (χ1v) is 7.65. The van der Waals surface area contributed by atoms with Gasteiger partial charge in [-0.3, -0.25) is 4.90 Å². The molecule has 104 valence electrons. The lowest BCUT2D eigenvalue weighted by molar-refractivity contribution is 0.153. The summed E-state index contributed by atoms with van der Waals surface area (Å²) in [5, 5.41) is 3.75. The quantitative estimate of drug-likeness (QED) is 0.601. The van der Waals surface area contributed by atoms with Crippen molar-refractivity contribution >= 4 is 34.4 Å². The third-order valence-electron chi connectivity index (χ3n) is 3.00. The first kappa shape index (κ1) is 13.3. The van der Waals surface area contributed by atoms with Gasteiger partial charge in [-0.05, 0) is 31.2 Å². The lowest BCUT2D eigenvalue weighted by Crippen LogP contribution is -2.24. The molecule has 1 atom stereocenters. The van der Waals surface area contributed by atoms with Crippen LogP contribution in [0.1, 0.15) is 5.82 Å². The number of halogens is 1. The fraction of sp³-hybridized carbons (Fsp3) is 0.308. The fourth-order valence-corrected chi connectivity index (χ4v) is 2.47. The number of nitrogens with zero attached hydrogens (tertiary/aromatic N) is 3. The highest BCUT2D eigenvalue weighted by Gasteiger charge is 2.31. The molecular formula is C13H12IN3O3. The van der Waals surface area contributed by atoms with Crippen LogP contribution in [0.2, 0.25) is 0 Å². The fourth-order valence-electron chi connectivity index (χ4n) is 2.01. The minimum atomic E-state index is -0.298. The molecule has 0 spiro atoms. The van der Waals surface area contributed by atoms with E-state index < -0.39 is 0 Å². The Hall–Kier alpha value is -1.64. The normalized spacial score (nSPS) is 18.4. The number of rotatable bonds is 3. The Balaban J connectivity index is 1.81. The minimum Gasteiger partial charge on any atom is -0.443 e. The van der Waals surface area contributed by atoms with E-state index in [9.17, 15) is 4.79 Å². The van der Waals surface area contributed by atoms with Gasteiger partial charge in [-0.25, -0.2) is 4.79 Å². The van der Waals surface area contributed by atoms with Gasteiger partial charge in [0.15, 0.2) is 5.82 Å². The third-order valence-corrected chi connectivity index (χ3v) is 3.98. The third kappa shape index (κ3) is 2.49. The van der Waals surface area contributed by atoms with Crippen molar-refractivity contribution in [1.82, 2.24) is 10.1 Å². The summed E-state index contributed by atoms with van der Waals surface area (Å²) in [6, 6.07) is 7.41. The highest BCUT2D eigenvalue weighted by Crippen LogP contribution is 2.25. The number of hydrogen-bond acceptors (Lipinski definition) is 5. The Labute approximate surface area is 129 Å².